The lowest BCUT2D eigenvalue weighted by Gasteiger charge is -2.29. The lowest BCUT2D eigenvalue weighted by atomic mass is 9.87. The van der Waals surface area contributed by atoms with Gasteiger partial charge in [0.05, 0.1) is 12.5 Å². The van der Waals surface area contributed by atoms with Crippen molar-refractivity contribution in [3.05, 3.63) is 60.1 Å². The Labute approximate surface area is 95.3 Å². The summed E-state index contributed by atoms with van der Waals surface area (Å²) in [5, 5.41) is 9.99. The zero-order valence-corrected chi connectivity index (χ0v) is 8.61. The fourth-order valence-electron chi connectivity index (χ4n) is 1.64. The van der Waals surface area contributed by atoms with Gasteiger partial charge in [0.2, 0.25) is 5.60 Å². The van der Waals surface area contributed by atoms with Crippen molar-refractivity contribution in [2.75, 3.05) is 0 Å². The van der Waals surface area contributed by atoms with E-state index in [1.54, 1.807) is 6.07 Å². The maximum Gasteiger partial charge on any atom is 0.425 e. The normalized spacial score (nSPS) is 15.5. The Hall–Kier alpha value is -1.75. The minimum Gasteiger partial charge on any atom is -0.472 e. The van der Waals surface area contributed by atoms with E-state index in [4.69, 9.17) is 0 Å². The van der Waals surface area contributed by atoms with Gasteiger partial charge in [-0.05, 0) is 11.6 Å². The van der Waals surface area contributed by atoms with E-state index in [-0.39, 0.29) is 11.1 Å². The molecule has 0 aliphatic carbocycles. The molecular weight excluding hydrogens is 233 g/mol. The molecule has 2 rings (SSSR count). The molecule has 0 aliphatic rings. The van der Waals surface area contributed by atoms with Gasteiger partial charge in [-0.2, -0.15) is 13.2 Å². The third kappa shape index (κ3) is 1.82. The first-order valence-corrected chi connectivity index (χ1v) is 4.83. The molecule has 1 atom stereocenters. The zero-order valence-electron chi connectivity index (χ0n) is 8.61. The van der Waals surface area contributed by atoms with E-state index in [2.05, 4.69) is 4.42 Å². The summed E-state index contributed by atoms with van der Waals surface area (Å²) in [5.74, 6) is 0. The number of aliphatic hydroxyl groups is 1. The molecule has 90 valence electrons. The second-order valence-corrected chi connectivity index (χ2v) is 3.59. The number of alkyl halides is 3. The highest BCUT2D eigenvalue weighted by Crippen LogP contribution is 2.44. The number of hydrogen-bond acceptors (Lipinski definition) is 2. The molecule has 0 radical (unpaired) electrons. The van der Waals surface area contributed by atoms with Crippen LogP contribution >= 0.6 is 0 Å². The van der Waals surface area contributed by atoms with E-state index in [0.29, 0.717) is 0 Å². The summed E-state index contributed by atoms with van der Waals surface area (Å²) < 4.78 is 43.8. The van der Waals surface area contributed by atoms with Gasteiger partial charge in [-0.25, -0.2) is 0 Å². The van der Waals surface area contributed by atoms with E-state index >= 15 is 0 Å². The van der Waals surface area contributed by atoms with Gasteiger partial charge in [-0.15, -0.1) is 0 Å². The zero-order chi connectivity index (χ0) is 12.5. The summed E-state index contributed by atoms with van der Waals surface area (Å²) in [6.45, 7) is 0. The Bertz CT molecular complexity index is 476. The van der Waals surface area contributed by atoms with Crippen LogP contribution in [0.1, 0.15) is 11.1 Å². The molecule has 1 aromatic carbocycles. The molecule has 1 N–H and O–H groups in total. The molecule has 2 aromatic rings. The third-order valence-corrected chi connectivity index (χ3v) is 2.54. The minimum atomic E-state index is -4.82. The van der Waals surface area contributed by atoms with Crippen molar-refractivity contribution < 1.29 is 22.7 Å². The molecule has 0 bridgehead atoms. The summed E-state index contributed by atoms with van der Waals surface area (Å²) in [5.41, 5.74) is -3.62. The first-order valence-electron chi connectivity index (χ1n) is 4.83. The Morgan fingerprint density at radius 2 is 1.59 bits per heavy atom. The number of halogens is 3. The summed E-state index contributed by atoms with van der Waals surface area (Å²) in [4.78, 5) is 0. The fraction of sp³-hybridized carbons (Fsp3) is 0.167. The van der Waals surface area contributed by atoms with Crippen LogP contribution in [-0.2, 0) is 5.60 Å². The largest absolute Gasteiger partial charge is 0.472 e. The number of benzene rings is 1. The number of hydrogen-bond donors (Lipinski definition) is 1. The lowest BCUT2D eigenvalue weighted by molar-refractivity contribution is -0.248. The van der Waals surface area contributed by atoms with Crippen molar-refractivity contribution in [2.24, 2.45) is 0 Å². The topological polar surface area (TPSA) is 33.4 Å². The SMILES string of the molecule is OC(c1ccccc1)(c1ccoc1)C(F)(F)F. The van der Waals surface area contributed by atoms with E-state index < -0.39 is 11.8 Å². The molecule has 1 aromatic heterocycles. The van der Waals surface area contributed by atoms with Gasteiger partial charge in [0.25, 0.3) is 0 Å². The van der Waals surface area contributed by atoms with Gasteiger partial charge >= 0.3 is 6.18 Å². The summed E-state index contributed by atoms with van der Waals surface area (Å²) in [6, 6.07) is 8.00. The van der Waals surface area contributed by atoms with Gasteiger partial charge in [0.15, 0.2) is 0 Å². The van der Waals surface area contributed by atoms with Crippen molar-refractivity contribution in [3.8, 4) is 0 Å². The van der Waals surface area contributed by atoms with Crippen LogP contribution in [0.2, 0.25) is 0 Å². The molecule has 0 saturated heterocycles. The first kappa shape index (κ1) is 11.7. The van der Waals surface area contributed by atoms with E-state index in [0.717, 1.165) is 18.6 Å². The van der Waals surface area contributed by atoms with Crippen molar-refractivity contribution in [1.29, 1.82) is 0 Å². The highest BCUT2D eigenvalue weighted by atomic mass is 19.4. The lowest BCUT2D eigenvalue weighted by Crippen LogP contribution is -2.43. The van der Waals surface area contributed by atoms with Crippen molar-refractivity contribution in [1.82, 2.24) is 0 Å². The summed E-state index contributed by atoms with van der Waals surface area (Å²) in [7, 11) is 0. The quantitative estimate of drug-likeness (QED) is 0.877. The van der Waals surface area contributed by atoms with Gasteiger partial charge in [0.1, 0.15) is 0 Å². The highest BCUT2D eigenvalue weighted by Gasteiger charge is 2.56. The molecule has 0 fully saturated rings. The Morgan fingerprint density at radius 3 is 2.06 bits per heavy atom. The van der Waals surface area contributed by atoms with Gasteiger partial charge in [-0.3, -0.25) is 0 Å². The van der Waals surface area contributed by atoms with E-state index in [1.165, 1.54) is 24.3 Å². The standard InChI is InChI=1S/C12H9F3O2/c13-12(14,15)11(16,10-6-7-17-8-10)9-4-2-1-3-5-9/h1-8,16H. The summed E-state index contributed by atoms with van der Waals surface area (Å²) in [6.07, 6.45) is -2.84. The Balaban J connectivity index is 2.61. The molecule has 5 heteroatoms. The van der Waals surface area contributed by atoms with Crippen molar-refractivity contribution in [3.63, 3.8) is 0 Å². The van der Waals surface area contributed by atoms with Crippen molar-refractivity contribution in [2.45, 2.75) is 11.8 Å². The average molecular weight is 242 g/mol. The number of rotatable bonds is 2. The second-order valence-electron chi connectivity index (χ2n) is 3.59. The molecule has 2 nitrogen and oxygen atoms in total. The molecular formula is C12H9F3O2. The molecule has 0 saturated carbocycles. The van der Waals surface area contributed by atoms with Crippen LogP contribution in [0.4, 0.5) is 13.2 Å². The van der Waals surface area contributed by atoms with Gasteiger partial charge in [-0.1, -0.05) is 30.3 Å². The van der Waals surface area contributed by atoms with E-state index in [1.807, 2.05) is 0 Å². The van der Waals surface area contributed by atoms with Crippen LogP contribution in [0, 0.1) is 0 Å². The molecule has 17 heavy (non-hydrogen) atoms. The van der Waals surface area contributed by atoms with Crippen LogP contribution in [0.5, 0.6) is 0 Å². The molecule has 0 spiro atoms. The van der Waals surface area contributed by atoms with Gasteiger partial charge < -0.3 is 9.52 Å². The third-order valence-electron chi connectivity index (χ3n) is 2.54. The Morgan fingerprint density at radius 1 is 0.941 bits per heavy atom. The molecule has 1 heterocycles. The average Bonchev–Trinajstić information content (AvgIpc) is 2.81. The maximum atomic E-state index is 13.1. The molecule has 1 unspecified atom stereocenters. The van der Waals surface area contributed by atoms with Crippen LogP contribution < -0.4 is 0 Å². The second kappa shape index (κ2) is 3.92. The van der Waals surface area contributed by atoms with Crippen LogP contribution in [-0.4, -0.2) is 11.3 Å². The number of furan rings is 1. The fourth-order valence-corrected chi connectivity index (χ4v) is 1.64. The Kier molecular flexibility index (Phi) is 2.71. The monoisotopic (exact) mass is 242 g/mol. The molecule has 0 amide bonds. The van der Waals surface area contributed by atoms with E-state index in [9.17, 15) is 18.3 Å². The smallest absolute Gasteiger partial charge is 0.425 e. The van der Waals surface area contributed by atoms with Crippen LogP contribution in [0.25, 0.3) is 0 Å². The highest BCUT2D eigenvalue weighted by molar-refractivity contribution is 5.36. The predicted molar refractivity (Wildman–Crippen MR) is 54.2 cm³/mol. The van der Waals surface area contributed by atoms with Crippen LogP contribution in [0.3, 0.4) is 0 Å². The van der Waals surface area contributed by atoms with Crippen LogP contribution in [0.15, 0.2) is 53.3 Å². The predicted octanol–water partition coefficient (Wildman–Crippen LogP) is 3.08. The maximum absolute atomic E-state index is 13.1. The summed E-state index contributed by atoms with van der Waals surface area (Å²) >= 11 is 0. The minimum absolute atomic E-state index is 0.242. The molecule has 0 aliphatic heterocycles. The first-order chi connectivity index (χ1) is 7.96. The van der Waals surface area contributed by atoms with Gasteiger partial charge in [0, 0.05) is 5.56 Å². The van der Waals surface area contributed by atoms with Crippen molar-refractivity contribution >= 4 is 0 Å².